The topological polar surface area (TPSA) is 57.6 Å². The number of fused-ring (bicyclic) bond motifs is 1. The molecule has 0 radical (unpaired) electrons. The molecule has 1 unspecified atom stereocenters. The van der Waals surface area contributed by atoms with Crippen LogP contribution in [0, 0.1) is 5.41 Å². The molecular weight excluding hydrogens is 577 g/mol. The third-order valence-electron chi connectivity index (χ3n) is 9.78. The number of aryl methyl sites for hydroxylation is 2. The number of amides is 2. The van der Waals surface area contributed by atoms with E-state index in [2.05, 4.69) is 40.2 Å². The largest absolute Gasteiger partial charge is 0.416 e. The number of halogens is 4. The fourth-order valence-corrected chi connectivity index (χ4v) is 7.14. The first-order chi connectivity index (χ1) is 20.5. The summed E-state index contributed by atoms with van der Waals surface area (Å²) >= 11 is 6.09. The van der Waals surface area contributed by atoms with E-state index >= 15 is 0 Å². The molecule has 1 N–H and O–H groups in total. The van der Waals surface area contributed by atoms with Gasteiger partial charge in [-0.1, -0.05) is 17.7 Å². The van der Waals surface area contributed by atoms with Crippen molar-refractivity contribution in [3.8, 4) is 0 Å². The van der Waals surface area contributed by atoms with Gasteiger partial charge in [-0.25, -0.2) is 0 Å². The van der Waals surface area contributed by atoms with Crippen LogP contribution in [0.1, 0.15) is 81.2 Å². The highest BCUT2D eigenvalue weighted by Gasteiger charge is 2.39. The van der Waals surface area contributed by atoms with E-state index < -0.39 is 23.7 Å². The Morgan fingerprint density at radius 3 is 2.40 bits per heavy atom. The first-order valence-corrected chi connectivity index (χ1v) is 15.3. The molecule has 1 atom stereocenters. The average molecular weight is 613 g/mol. The van der Waals surface area contributed by atoms with Crippen LogP contribution < -0.4 is 5.32 Å². The molecule has 1 spiro atoms. The van der Waals surface area contributed by atoms with Crippen molar-refractivity contribution in [2.75, 3.05) is 26.2 Å². The number of carbonyl (C=O) groups is 2. The van der Waals surface area contributed by atoms with Crippen molar-refractivity contribution >= 4 is 23.4 Å². The number of aromatic nitrogens is 1. The maximum Gasteiger partial charge on any atom is 0.416 e. The van der Waals surface area contributed by atoms with E-state index in [1.54, 1.807) is 0 Å². The van der Waals surface area contributed by atoms with Gasteiger partial charge in [-0.05, 0) is 111 Å². The van der Waals surface area contributed by atoms with Gasteiger partial charge in [-0.15, -0.1) is 0 Å². The quantitative estimate of drug-likeness (QED) is 0.352. The molecule has 3 aromatic rings. The summed E-state index contributed by atoms with van der Waals surface area (Å²) in [5.41, 5.74) is 2.91. The zero-order valence-electron chi connectivity index (χ0n) is 24.2. The van der Waals surface area contributed by atoms with Gasteiger partial charge in [-0.3, -0.25) is 14.5 Å². The predicted octanol–water partition coefficient (Wildman–Crippen LogP) is 6.63. The normalized spacial score (nSPS) is 20.3. The first kappa shape index (κ1) is 29.8. The summed E-state index contributed by atoms with van der Waals surface area (Å²) in [7, 11) is 2.08. The van der Waals surface area contributed by atoms with Crippen LogP contribution in [0.25, 0.3) is 0 Å². The number of carbonyl (C=O) groups excluding carboxylic acids is 2. The number of nitrogens with zero attached hydrogens (tertiary/aromatic N) is 3. The number of nitrogens with one attached hydrogen (secondary N) is 1. The van der Waals surface area contributed by atoms with E-state index in [-0.39, 0.29) is 16.5 Å². The molecule has 43 heavy (non-hydrogen) atoms. The predicted molar refractivity (Wildman–Crippen MR) is 159 cm³/mol. The van der Waals surface area contributed by atoms with Crippen LogP contribution in [0.15, 0.2) is 54.7 Å². The van der Waals surface area contributed by atoms with Crippen LogP contribution in [0.3, 0.4) is 0 Å². The minimum atomic E-state index is -4.58. The zero-order chi connectivity index (χ0) is 30.4. The van der Waals surface area contributed by atoms with Crippen molar-refractivity contribution in [2.24, 2.45) is 12.5 Å². The molecule has 1 aromatic heterocycles. The van der Waals surface area contributed by atoms with Gasteiger partial charge in [0.1, 0.15) is 0 Å². The molecule has 3 heterocycles. The maximum absolute atomic E-state index is 13.6. The van der Waals surface area contributed by atoms with Crippen molar-refractivity contribution in [1.82, 2.24) is 19.7 Å². The molecule has 228 valence electrons. The smallest absolute Gasteiger partial charge is 0.353 e. The molecule has 6 rings (SSSR count). The molecule has 2 fully saturated rings. The Balaban J connectivity index is 1.07. The highest BCUT2D eigenvalue weighted by molar-refractivity contribution is 6.33. The Morgan fingerprint density at radius 1 is 1.00 bits per heavy atom. The van der Waals surface area contributed by atoms with Crippen LogP contribution in [0.4, 0.5) is 13.2 Å². The summed E-state index contributed by atoms with van der Waals surface area (Å²) < 4.78 is 41.8. The fraction of sp³-hybridized carbons (Fsp3) is 0.455. The molecule has 0 saturated carbocycles. The molecule has 3 aliphatic rings. The van der Waals surface area contributed by atoms with E-state index in [9.17, 15) is 22.8 Å². The lowest BCUT2D eigenvalue weighted by Gasteiger charge is -2.47. The van der Waals surface area contributed by atoms with E-state index in [1.807, 2.05) is 23.1 Å². The Kier molecular flexibility index (Phi) is 8.07. The highest BCUT2D eigenvalue weighted by Crippen LogP contribution is 2.42. The van der Waals surface area contributed by atoms with E-state index in [1.165, 1.54) is 5.69 Å². The molecular formula is C33H36ClF3N4O2. The number of alkyl halides is 3. The van der Waals surface area contributed by atoms with Crippen molar-refractivity contribution in [3.05, 3.63) is 93.3 Å². The van der Waals surface area contributed by atoms with E-state index in [0.29, 0.717) is 23.8 Å². The molecule has 2 aliphatic heterocycles. The summed E-state index contributed by atoms with van der Waals surface area (Å²) in [6.07, 6.45) is 3.10. The van der Waals surface area contributed by atoms with Crippen molar-refractivity contribution in [1.29, 1.82) is 0 Å². The van der Waals surface area contributed by atoms with Crippen LogP contribution in [-0.4, -0.2) is 52.4 Å². The summed E-state index contributed by atoms with van der Waals surface area (Å²) in [5.74, 6) is -0.682. The molecule has 10 heteroatoms. The third-order valence-corrected chi connectivity index (χ3v) is 10.1. The molecule has 2 saturated heterocycles. The van der Waals surface area contributed by atoms with Gasteiger partial charge in [0, 0.05) is 44.1 Å². The first-order valence-electron chi connectivity index (χ1n) is 14.9. The Bertz CT molecular complexity index is 1520. The number of rotatable bonds is 5. The lowest BCUT2D eigenvalue weighted by molar-refractivity contribution is -0.137. The number of piperidine rings is 2. The molecule has 2 aromatic carbocycles. The maximum atomic E-state index is 13.6. The molecule has 2 amide bonds. The van der Waals surface area contributed by atoms with Crippen LogP contribution in [-0.2, 0) is 26.2 Å². The average Bonchev–Trinajstić information content (AvgIpc) is 3.58. The van der Waals surface area contributed by atoms with Crippen LogP contribution in [0.2, 0.25) is 5.02 Å². The lowest BCUT2D eigenvalue weighted by atomic mass is 9.71. The van der Waals surface area contributed by atoms with Gasteiger partial charge >= 0.3 is 6.18 Å². The summed E-state index contributed by atoms with van der Waals surface area (Å²) in [4.78, 5) is 31.0. The SMILES string of the molecule is Cn1cccc1CN1CCC2(CC1)CCN(C(=O)c1ccc3c(c1)C(NC(=O)c1cc(C(F)(F)F)ccc1Cl)CC3)CC2. The second-order valence-corrected chi connectivity index (χ2v) is 12.8. The minimum absolute atomic E-state index is 0.0170. The second-order valence-electron chi connectivity index (χ2n) is 12.3. The van der Waals surface area contributed by atoms with Crippen molar-refractivity contribution < 1.29 is 22.8 Å². The van der Waals surface area contributed by atoms with Crippen molar-refractivity contribution in [2.45, 2.75) is 57.3 Å². The van der Waals surface area contributed by atoms with Gasteiger partial charge in [0.15, 0.2) is 0 Å². The van der Waals surface area contributed by atoms with Gasteiger partial charge in [0.05, 0.1) is 22.2 Å². The van der Waals surface area contributed by atoms with Gasteiger partial charge in [0.2, 0.25) is 0 Å². The van der Waals surface area contributed by atoms with Crippen LogP contribution >= 0.6 is 11.6 Å². The van der Waals surface area contributed by atoms with E-state index in [0.717, 1.165) is 87.7 Å². The zero-order valence-corrected chi connectivity index (χ0v) is 25.0. The fourth-order valence-electron chi connectivity index (χ4n) is 6.94. The minimum Gasteiger partial charge on any atom is -0.353 e. The van der Waals surface area contributed by atoms with Gasteiger partial charge in [0.25, 0.3) is 11.8 Å². The van der Waals surface area contributed by atoms with Gasteiger partial charge in [-0.2, -0.15) is 13.2 Å². The molecule has 1 aliphatic carbocycles. The Morgan fingerprint density at radius 2 is 1.72 bits per heavy atom. The summed E-state index contributed by atoms with van der Waals surface area (Å²) in [6.45, 7) is 4.56. The molecule has 6 nitrogen and oxygen atoms in total. The number of hydrogen-bond acceptors (Lipinski definition) is 3. The standard InChI is InChI=1S/C33H36ClF3N4O2/c1-39-14-2-3-25(39)21-40-15-10-32(11-16-40)12-17-41(18-13-32)31(43)23-5-4-22-6-9-29(26(22)19-23)38-30(42)27-20-24(33(35,36)37)7-8-28(27)34/h2-5,7-8,14,19-20,29H,6,9-13,15-18,21H2,1H3,(H,38,42). The van der Waals surface area contributed by atoms with Crippen LogP contribution in [0.5, 0.6) is 0 Å². The van der Waals surface area contributed by atoms with E-state index in [4.69, 9.17) is 11.6 Å². The summed E-state index contributed by atoms with van der Waals surface area (Å²) in [5, 5.41) is 2.81. The van der Waals surface area contributed by atoms with Crippen molar-refractivity contribution in [3.63, 3.8) is 0 Å². The second kappa shape index (κ2) is 11.7. The number of hydrogen-bond donors (Lipinski definition) is 1. The molecule has 0 bridgehead atoms. The number of benzene rings is 2. The lowest BCUT2D eigenvalue weighted by Crippen LogP contribution is -2.48. The number of likely N-dealkylation sites (tertiary alicyclic amines) is 2. The summed E-state index contributed by atoms with van der Waals surface area (Å²) in [6, 6.07) is 12.2. The third kappa shape index (κ3) is 6.20. The Labute approximate surface area is 254 Å². The highest BCUT2D eigenvalue weighted by atomic mass is 35.5. The van der Waals surface area contributed by atoms with Gasteiger partial charge < -0.3 is 14.8 Å². The monoisotopic (exact) mass is 612 g/mol. The Hall–Kier alpha value is -3.30.